The fourth-order valence-corrected chi connectivity index (χ4v) is 1.64. The van der Waals surface area contributed by atoms with Crippen LogP contribution in [0.2, 0.25) is 0 Å². The summed E-state index contributed by atoms with van der Waals surface area (Å²) < 4.78 is 38.7. The summed E-state index contributed by atoms with van der Waals surface area (Å²) in [5, 5.41) is 0. The van der Waals surface area contributed by atoms with Crippen LogP contribution in [0.3, 0.4) is 0 Å². The number of fused-ring (bicyclic) bond motifs is 1. The molecule has 0 fully saturated rings. The van der Waals surface area contributed by atoms with Gasteiger partial charge in [-0.15, -0.1) is 0 Å². The van der Waals surface area contributed by atoms with Crippen molar-refractivity contribution in [3.63, 3.8) is 0 Å². The van der Waals surface area contributed by atoms with Gasteiger partial charge >= 0.3 is 6.18 Å². The average molecular weight is 265 g/mol. The van der Waals surface area contributed by atoms with E-state index in [2.05, 4.69) is 20.9 Å². The predicted octanol–water partition coefficient (Wildman–Crippen LogP) is 3.12. The third-order valence-corrected chi connectivity index (χ3v) is 2.44. The summed E-state index contributed by atoms with van der Waals surface area (Å²) in [6.45, 7) is 0. The molecule has 0 radical (unpaired) electrons. The third kappa shape index (κ3) is 1.39. The number of alkyl halides is 3. The Labute approximate surface area is 85.5 Å². The van der Waals surface area contributed by atoms with Crippen molar-refractivity contribution < 1.29 is 13.2 Å². The fraction of sp³-hybridized carbons (Fsp3) is 0.125. The molecule has 0 saturated carbocycles. The van der Waals surface area contributed by atoms with Gasteiger partial charge in [-0.3, -0.25) is 4.40 Å². The van der Waals surface area contributed by atoms with Crippen molar-refractivity contribution in [1.82, 2.24) is 9.38 Å². The second kappa shape index (κ2) is 2.98. The zero-order valence-corrected chi connectivity index (χ0v) is 8.30. The topological polar surface area (TPSA) is 17.3 Å². The molecule has 2 rings (SSSR count). The molecule has 0 aliphatic heterocycles. The van der Waals surface area contributed by atoms with Gasteiger partial charge in [0.1, 0.15) is 0 Å². The molecule has 2 aromatic heterocycles. The summed E-state index contributed by atoms with van der Waals surface area (Å²) >= 11 is 3.15. The molecule has 0 saturated heterocycles. The first kappa shape index (κ1) is 9.51. The SMILES string of the molecule is FC(F)(F)c1ncc2c(Br)cccn12. The fourth-order valence-electron chi connectivity index (χ4n) is 1.20. The van der Waals surface area contributed by atoms with E-state index in [0.29, 0.717) is 9.99 Å². The summed E-state index contributed by atoms with van der Waals surface area (Å²) in [6.07, 6.45) is -1.91. The maximum absolute atomic E-state index is 12.4. The van der Waals surface area contributed by atoms with Gasteiger partial charge in [0.05, 0.1) is 11.7 Å². The van der Waals surface area contributed by atoms with Crippen LogP contribution in [0.15, 0.2) is 29.0 Å². The molecule has 2 aromatic rings. The van der Waals surface area contributed by atoms with Gasteiger partial charge in [-0.2, -0.15) is 13.2 Å². The number of rotatable bonds is 0. The quantitative estimate of drug-likeness (QED) is 0.715. The van der Waals surface area contributed by atoms with Crippen molar-refractivity contribution in [2.24, 2.45) is 0 Å². The maximum atomic E-state index is 12.4. The highest BCUT2D eigenvalue weighted by Gasteiger charge is 2.35. The summed E-state index contributed by atoms with van der Waals surface area (Å²) in [5.74, 6) is -0.909. The van der Waals surface area contributed by atoms with E-state index >= 15 is 0 Å². The third-order valence-electron chi connectivity index (χ3n) is 1.77. The van der Waals surface area contributed by atoms with E-state index in [1.165, 1.54) is 18.5 Å². The minimum absolute atomic E-state index is 0.403. The van der Waals surface area contributed by atoms with Gasteiger partial charge in [0.15, 0.2) is 0 Å². The Morgan fingerprint density at radius 3 is 2.71 bits per heavy atom. The highest BCUT2D eigenvalue weighted by Crippen LogP contribution is 2.30. The van der Waals surface area contributed by atoms with Crippen molar-refractivity contribution in [1.29, 1.82) is 0 Å². The van der Waals surface area contributed by atoms with Gasteiger partial charge in [0, 0.05) is 10.7 Å². The molecule has 0 bridgehead atoms. The largest absolute Gasteiger partial charge is 0.450 e. The number of nitrogens with zero attached hydrogens (tertiary/aromatic N) is 2. The predicted molar refractivity (Wildman–Crippen MR) is 47.9 cm³/mol. The molecule has 14 heavy (non-hydrogen) atoms. The summed E-state index contributed by atoms with van der Waals surface area (Å²) in [5.41, 5.74) is 0.403. The lowest BCUT2D eigenvalue weighted by atomic mass is 10.4. The van der Waals surface area contributed by atoms with Crippen LogP contribution in [0, 0.1) is 0 Å². The first-order chi connectivity index (χ1) is 6.50. The van der Waals surface area contributed by atoms with Crippen molar-refractivity contribution in [2.75, 3.05) is 0 Å². The molecule has 2 nitrogen and oxygen atoms in total. The number of hydrogen-bond acceptors (Lipinski definition) is 1. The van der Waals surface area contributed by atoms with Crippen molar-refractivity contribution in [2.45, 2.75) is 6.18 Å². The molecular formula is C8H4BrF3N2. The highest BCUT2D eigenvalue weighted by molar-refractivity contribution is 9.10. The number of aromatic nitrogens is 2. The van der Waals surface area contributed by atoms with Crippen LogP contribution < -0.4 is 0 Å². The normalized spacial score (nSPS) is 12.3. The second-order valence-electron chi connectivity index (χ2n) is 2.69. The van der Waals surface area contributed by atoms with E-state index < -0.39 is 12.0 Å². The van der Waals surface area contributed by atoms with Crippen molar-refractivity contribution in [3.8, 4) is 0 Å². The minimum Gasteiger partial charge on any atom is -0.295 e. The molecule has 0 spiro atoms. The Morgan fingerprint density at radius 2 is 2.07 bits per heavy atom. The molecule has 2 heterocycles. The molecule has 6 heteroatoms. The smallest absolute Gasteiger partial charge is 0.295 e. The molecule has 0 aliphatic rings. The lowest BCUT2D eigenvalue weighted by molar-refractivity contribution is -0.145. The van der Waals surface area contributed by atoms with Gasteiger partial charge in [0.2, 0.25) is 5.82 Å². The Balaban J connectivity index is 2.76. The Hall–Kier alpha value is -1.04. The zero-order valence-electron chi connectivity index (χ0n) is 6.72. The number of imidazole rings is 1. The highest BCUT2D eigenvalue weighted by atomic mass is 79.9. The lowest BCUT2D eigenvalue weighted by Crippen LogP contribution is -2.10. The van der Waals surface area contributed by atoms with Gasteiger partial charge < -0.3 is 0 Å². The van der Waals surface area contributed by atoms with Crippen LogP contribution >= 0.6 is 15.9 Å². The number of pyridine rings is 1. The molecule has 74 valence electrons. The molecular weight excluding hydrogens is 261 g/mol. The van der Waals surface area contributed by atoms with Crippen LogP contribution in [-0.2, 0) is 6.18 Å². The summed E-state index contributed by atoms with van der Waals surface area (Å²) in [6, 6.07) is 3.19. The molecule has 0 N–H and O–H groups in total. The first-order valence-electron chi connectivity index (χ1n) is 3.69. The van der Waals surface area contributed by atoms with E-state index in [1.54, 1.807) is 6.07 Å². The van der Waals surface area contributed by atoms with Gasteiger partial charge in [-0.25, -0.2) is 4.98 Å². The monoisotopic (exact) mass is 264 g/mol. The van der Waals surface area contributed by atoms with E-state index in [4.69, 9.17) is 0 Å². The second-order valence-corrected chi connectivity index (χ2v) is 3.55. The van der Waals surface area contributed by atoms with E-state index in [0.717, 1.165) is 4.40 Å². The standard InChI is InChI=1S/C8H4BrF3N2/c9-5-2-1-3-14-6(5)4-13-7(14)8(10,11)12/h1-4H. The molecule has 0 aliphatic carbocycles. The van der Waals surface area contributed by atoms with Crippen LogP contribution in [0.4, 0.5) is 13.2 Å². The molecule has 0 amide bonds. The number of hydrogen-bond donors (Lipinski definition) is 0. The van der Waals surface area contributed by atoms with Crippen LogP contribution in [0.5, 0.6) is 0 Å². The van der Waals surface area contributed by atoms with Crippen molar-refractivity contribution >= 4 is 21.4 Å². The van der Waals surface area contributed by atoms with E-state index in [1.807, 2.05) is 0 Å². The van der Waals surface area contributed by atoms with Gasteiger partial charge in [0.25, 0.3) is 0 Å². The molecule has 0 unspecified atom stereocenters. The molecule has 0 atom stereocenters. The van der Waals surface area contributed by atoms with Crippen molar-refractivity contribution in [3.05, 3.63) is 34.8 Å². The summed E-state index contributed by atoms with van der Waals surface area (Å²) in [7, 11) is 0. The van der Waals surface area contributed by atoms with Gasteiger partial charge in [-0.1, -0.05) is 0 Å². The van der Waals surface area contributed by atoms with Gasteiger partial charge in [-0.05, 0) is 28.1 Å². The number of halogens is 4. The zero-order chi connectivity index (χ0) is 10.3. The Morgan fingerprint density at radius 1 is 1.36 bits per heavy atom. The lowest BCUT2D eigenvalue weighted by Gasteiger charge is -2.04. The Bertz CT molecular complexity index is 475. The maximum Gasteiger partial charge on any atom is 0.450 e. The minimum atomic E-state index is -4.42. The average Bonchev–Trinajstić information content (AvgIpc) is 2.47. The summed E-state index contributed by atoms with van der Waals surface area (Å²) in [4.78, 5) is 3.34. The first-order valence-corrected chi connectivity index (χ1v) is 4.48. The van der Waals surface area contributed by atoms with E-state index in [-0.39, 0.29) is 0 Å². The van der Waals surface area contributed by atoms with Crippen LogP contribution in [-0.4, -0.2) is 9.38 Å². The van der Waals surface area contributed by atoms with E-state index in [9.17, 15) is 13.2 Å². The van der Waals surface area contributed by atoms with Crippen LogP contribution in [0.1, 0.15) is 5.82 Å². The van der Waals surface area contributed by atoms with Crippen LogP contribution in [0.25, 0.3) is 5.52 Å². The Kier molecular flexibility index (Phi) is 2.02. The molecule has 0 aromatic carbocycles.